The normalized spacial score (nSPS) is 11.1. The van der Waals surface area contributed by atoms with E-state index in [4.69, 9.17) is 22.1 Å². The van der Waals surface area contributed by atoms with Crippen LogP contribution in [0.4, 0.5) is 0 Å². The van der Waals surface area contributed by atoms with Crippen LogP contribution in [0.3, 0.4) is 0 Å². The van der Waals surface area contributed by atoms with Crippen LogP contribution >= 0.6 is 35.6 Å². The molecular weight excluding hydrogens is 377 g/mol. The molecule has 0 aliphatic rings. The zero-order chi connectivity index (χ0) is 13.4. The van der Waals surface area contributed by atoms with Crippen LogP contribution in [-0.2, 0) is 0 Å². The average molecular weight is 398 g/mol. The monoisotopic (exact) mass is 397 g/mol. The first-order valence-corrected chi connectivity index (χ1v) is 6.38. The molecule has 1 aromatic carbocycles. The molecule has 1 aromatic rings. The molecular formula is C13H21ClIN3O. The van der Waals surface area contributed by atoms with Gasteiger partial charge < -0.3 is 15.8 Å². The number of nitrogens with one attached hydrogen (secondary N) is 1. The molecule has 1 rings (SSSR count). The van der Waals surface area contributed by atoms with Crippen LogP contribution in [0.15, 0.2) is 29.3 Å². The average Bonchev–Trinajstić information content (AvgIpc) is 2.34. The molecule has 0 fully saturated rings. The predicted molar refractivity (Wildman–Crippen MR) is 91.7 cm³/mol. The molecule has 0 spiro atoms. The summed E-state index contributed by atoms with van der Waals surface area (Å²) in [5, 5.41) is 3.70. The number of benzene rings is 1. The Morgan fingerprint density at radius 1 is 1.37 bits per heavy atom. The predicted octanol–water partition coefficient (Wildman–Crippen LogP) is 2.90. The maximum atomic E-state index is 5.77. The van der Waals surface area contributed by atoms with Crippen molar-refractivity contribution in [1.82, 2.24) is 5.32 Å². The third-order valence-corrected chi connectivity index (χ3v) is 2.37. The van der Waals surface area contributed by atoms with E-state index in [1.165, 1.54) is 0 Å². The number of ether oxygens (including phenoxy) is 1. The number of hydrogen-bond acceptors (Lipinski definition) is 2. The van der Waals surface area contributed by atoms with Crippen LogP contribution in [0, 0.1) is 5.92 Å². The van der Waals surface area contributed by atoms with E-state index in [0.717, 1.165) is 12.3 Å². The van der Waals surface area contributed by atoms with Crippen LogP contribution in [0.25, 0.3) is 0 Å². The minimum absolute atomic E-state index is 0. The standard InChI is InChI=1S/C13H20ClN3O.HI/c1-10(2)9-17-13(15)16-7-8-18-12-5-3-11(14)4-6-12;/h3-6,10H,7-9H2,1-2H3,(H3,15,16,17);1H. The summed E-state index contributed by atoms with van der Waals surface area (Å²) < 4.78 is 5.51. The highest BCUT2D eigenvalue weighted by Gasteiger charge is 1.96. The molecule has 0 aliphatic heterocycles. The lowest BCUT2D eigenvalue weighted by atomic mass is 10.2. The van der Waals surface area contributed by atoms with Gasteiger partial charge in [-0.25, -0.2) is 0 Å². The van der Waals surface area contributed by atoms with Gasteiger partial charge >= 0.3 is 0 Å². The van der Waals surface area contributed by atoms with Crippen molar-refractivity contribution in [1.29, 1.82) is 0 Å². The van der Waals surface area contributed by atoms with Gasteiger partial charge in [0, 0.05) is 11.6 Å². The van der Waals surface area contributed by atoms with Gasteiger partial charge in [0.25, 0.3) is 0 Å². The second-order valence-corrected chi connectivity index (χ2v) is 4.79. The van der Waals surface area contributed by atoms with E-state index < -0.39 is 0 Å². The number of nitrogens with zero attached hydrogens (tertiary/aromatic N) is 1. The smallest absolute Gasteiger partial charge is 0.188 e. The van der Waals surface area contributed by atoms with E-state index in [9.17, 15) is 0 Å². The van der Waals surface area contributed by atoms with Gasteiger partial charge in [-0.15, -0.1) is 24.0 Å². The third kappa shape index (κ3) is 8.93. The number of aliphatic imine (C=N–C) groups is 1. The number of nitrogens with two attached hydrogens (primary N) is 1. The van der Waals surface area contributed by atoms with Crippen LogP contribution in [0.1, 0.15) is 13.8 Å². The van der Waals surface area contributed by atoms with Gasteiger partial charge in [0.05, 0.1) is 6.54 Å². The summed E-state index contributed by atoms with van der Waals surface area (Å²) in [6.45, 7) is 6.08. The summed E-state index contributed by atoms with van der Waals surface area (Å²) in [6.07, 6.45) is 0. The summed E-state index contributed by atoms with van der Waals surface area (Å²) in [7, 11) is 0. The van der Waals surface area contributed by atoms with Gasteiger partial charge in [-0.1, -0.05) is 25.4 Å². The number of halogens is 2. The quantitative estimate of drug-likeness (QED) is 0.336. The van der Waals surface area contributed by atoms with E-state index >= 15 is 0 Å². The highest BCUT2D eigenvalue weighted by molar-refractivity contribution is 14.0. The number of hydrogen-bond donors (Lipinski definition) is 2. The Morgan fingerprint density at radius 3 is 2.58 bits per heavy atom. The van der Waals surface area contributed by atoms with Crippen molar-refractivity contribution in [3.8, 4) is 5.75 Å². The van der Waals surface area contributed by atoms with Crippen LogP contribution < -0.4 is 15.8 Å². The maximum Gasteiger partial charge on any atom is 0.188 e. The van der Waals surface area contributed by atoms with Crippen molar-refractivity contribution in [2.75, 3.05) is 19.7 Å². The minimum Gasteiger partial charge on any atom is -0.492 e. The molecule has 0 saturated carbocycles. The molecule has 0 atom stereocenters. The Balaban J connectivity index is 0.00000324. The third-order valence-electron chi connectivity index (χ3n) is 2.12. The van der Waals surface area contributed by atoms with Crippen LogP contribution in [-0.4, -0.2) is 25.7 Å². The summed E-state index contributed by atoms with van der Waals surface area (Å²) in [5.41, 5.74) is 5.69. The van der Waals surface area contributed by atoms with Gasteiger partial charge in [-0.3, -0.25) is 4.99 Å². The molecule has 0 aliphatic carbocycles. The zero-order valence-electron chi connectivity index (χ0n) is 11.2. The van der Waals surface area contributed by atoms with Gasteiger partial charge in [0.1, 0.15) is 12.4 Å². The van der Waals surface area contributed by atoms with Crippen molar-refractivity contribution in [2.45, 2.75) is 13.8 Å². The summed E-state index contributed by atoms with van der Waals surface area (Å²) in [4.78, 5) is 4.19. The van der Waals surface area contributed by atoms with Crippen molar-refractivity contribution in [3.63, 3.8) is 0 Å². The first-order chi connectivity index (χ1) is 8.58. The number of rotatable bonds is 6. The fraction of sp³-hybridized carbons (Fsp3) is 0.462. The number of guanidine groups is 1. The summed E-state index contributed by atoms with van der Waals surface area (Å²) in [6, 6.07) is 7.25. The first kappa shape index (κ1) is 18.3. The van der Waals surface area contributed by atoms with Crippen molar-refractivity contribution in [2.24, 2.45) is 16.6 Å². The SMILES string of the molecule is CC(C)CN=C(N)NCCOc1ccc(Cl)cc1.I. The molecule has 0 bridgehead atoms. The Morgan fingerprint density at radius 2 is 2.00 bits per heavy atom. The summed E-state index contributed by atoms with van der Waals surface area (Å²) in [5.74, 6) is 1.76. The fourth-order valence-electron chi connectivity index (χ4n) is 1.22. The van der Waals surface area contributed by atoms with Crippen LogP contribution in [0.2, 0.25) is 5.02 Å². The van der Waals surface area contributed by atoms with E-state index in [-0.39, 0.29) is 24.0 Å². The van der Waals surface area contributed by atoms with Crippen molar-refractivity contribution in [3.05, 3.63) is 29.3 Å². The molecule has 0 saturated heterocycles. The van der Waals surface area contributed by atoms with Gasteiger partial charge in [-0.2, -0.15) is 0 Å². The van der Waals surface area contributed by atoms with E-state index in [0.29, 0.717) is 30.1 Å². The molecule has 19 heavy (non-hydrogen) atoms. The lowest BCUT2D eigenvalue weighted by Crippen LogP contribution is -2.35. The molecule has 0 unspecified atom stereocenters. The molecule has 108 valence electrons. The molecule has 0 amide bonds. The second kappa shape index (κ2) is 10.1. The lowest BCUT2D eigenvalue weighted by Gasteiger charge is -2.08. The molecule has 6 heteroatoms. The lowest BCUT2D eigenvalue weighted by molar-refractivity contribution is 0.322. The minimum atomic E-state index is 0. The van der Waals surface area contributed by atoms with Gasteiger partial charge in [0.15, 0.2) is 5.96 Å². The van der Waals surface area contributed by atoms with E-state index in [1.807, 2.05) is 12.1 Å². The Labute approximate surface area is 136 Å². The van der Waals surface area contributed by atoms with Gasteiger partial charge in [0.2, 0.25) is 0 Å². The Bertz CT molecular complexity index is 382. The van der Waals surface area contributed by atoms with E-state index in [2.05, 4.69) is 24.2 Å². The Hall–Kier alpha value is -0.690. The van der Waals surface area contributed by atoms with Gasteiger partial charge in [-0.05, 0) is 30.2 Å². The Kier molecular flexibility index (Phi) is 9.77. The fourth-order valence-corrected chi connectivity index (χ4v) is 1.34. The molecule has 0 radical (unpaired) electrons. The topological polar surface area (TPSA) is 59.6 Å². The highest BCUT2D eigenvalue weighted by atomic mass is 127. The zero-order valence-corrected chi connectivity index (χ0v) is 14.3. The van der Waals surface area contributed by atoms with Crippen molar-refractivity contribution < 1.29 is 4.74 Å². The molecule has 3 N–H and O–H groups in total. The molecule has 0 heterocycles. The summed E-state index contributed by atoms with van der Waals surface area (Å²) >= 11 is 5.77. The largest absolute Gasteiger partial charge is 0.492 e. The first-order valence-electron chi connectivity index (χ1n) is 6.00. The van der Waals surface area contributed by atoms with Crippen LogP contribution in [0.5, 0.6) is 5.75 Å². The molecule has 0 aromatic heterocycles. The highest BCUT2D eigenvalue weighted by Crippen LogP contribution is 2.14. The van der Waals surface area contributed by atoms with Crippen molar-refractivity contribution >= 4 is 41.5 Å². The molecule has 4 nitrogen and oxygen atoms in total. The second-order valence-electron chi connectivity index (χ2n) is 4.35. The van der Waals surface area contributed by atoms with E-state index in [1.54, 1.807) is 12.1 Å². The maximum absolute atomic E-state index is 5.77.